The van der Waals surface area contributed by atoms with Gasteiger partial charge in [-0.3, -0.25) is 0 Å². The van der Waals surface area contributed by atoms with E-state index in [4.69, 9.17) is 32.0 Å². The van der Waals surface area contributed by atoms with Crippen LogP contribution in [-0.2, 0) is 27.2 Å². The second kappa shape index (κ2) is 5.71. The van der Waals surface area contributed by atoms with Crippen molar-refractivity contribution in [2.75, 3.05) is 0 Å². The van der Waals surface area contributed by atoms with Crippen LogP contribution in [0, 0.1) is 5.82 Å². The summed E-state index contributed by atoms with van der Waals surface area (Å²) in [5, 5.41) is -1.30. The fourth-order valence-electron chi connectivity index (χ4n) is 1.90. The van der Waals surface area contributed by atoms with E-state index >= 15 is 0 Å². The van der Waals surface area contributed by atoms with Crippen LogP contribution in [0.4, 0.5) is 4.39 Å². The maximum Gasteiger partial charge on any atom is 0.262 e. The molecule has 0 aliphatic heterocycles. The van der Waals surface area contributed by atoms with E-state index in [0.717, 1.165) is 6.07 Å². The van der Waals surface area contributed by atoms with E-state index in [1.165, 1.54) is 0 Å². The molecule has 0 heterocycles. The number of hydrogen-bond acceptors (Lipinski definition) is 6. The minimum Gasteiger partial charge on any atom is -0.207 e. The van der Waals surface area contributed by atoms with Crippen LogP contribution in [0.2, 0.25) is 0 Å². The van der Waals surface area contributed by atoms with Crippen molar-refractivity contribution >= 4 is 70.0 Å². The zero-order valence-corrected chi connectivity index (χ0v) is 15.2. The van der Waals surface area contributed by atoms with E-state index in [1.54, 1.807) is 0 Å². The topological polar surface area (TPSA) is 102 Å². The number of rotatable bonds is 3. The molecule has 2 aromatic rings. The zero-order valence-electron chi connectivity index (χ0n) is 10.5. The van der Waals surface area contributed by atoms with Crippen molar-refractivity contribution in [3.05, 3.63) is 30.1 Å². The van der Waals surface area contributed by atoms with E-state index in [0.29, 0.717) is 18.2 Å². The first-order valence-corrected chi connectivity index (χ1v) is 12.3. The van der Waals surface area contributed by atoms with Gasteiger partial charge in [-0.15, -0.1) is 0 Å². The molecule has 0 unspecified atom stereocenters. The van der Waals surface area contributed by atoms with Crippen molar-refractivity contribution in [3.63, 3.8) is 0 Å². The molecule has 0 fully saturated rings. The molecule has 0 N–H and O–H groups in total. The van der Waals surface area contributed by atoms with E-state index in [-0.39, 0.29) is 0 Å². The molecule has 0 saturated carbocycles. The molecule has 2 rings (SSSR count). The van der Waals surface area contributed by atoms with Crippen molar-refractivity contribution in [2.24, 2.45) is 0 Å². The van der Waals surface area contributed by atoms with Crippen molar-refractivity contribution < 1.29 is 29.6 Å². The second-order valence-corrected chi connectivity index (χ2v) is 11.8. The molecule has 2 aromatic carbocycles. The summed E-state index contributed by atoms with van der Waals surface area (Å²) in [5.41, 5.74) is 0. The Balaban J connectivity index is 3.25. The Labute approximate surface area is 144 Å². The average molecular weight is 442 g/mol. The molecule has 126 valence electrons. The molecule has 0 aliphatic rings. The van der Waals surface area contributed by atoms with Gasteiger partial charge in [-0.2, -0.15) is 0 Å². The highest BCUT2D eigenvalue weighted by molar-refractivity contribution is 8.15. The van der Waals surface area contributed by atoms with Gasteiger partial charge in [0.15, 0.2) is 0 Å². The Bertz CT molecular complexity index is 1140. The maximum atomic E-state index is 14.0. The predicted octanol–water partition coefficient (Wildman–Crippen LogP) is 2.76. The first kappa shape index (κ1) is 18.7. The van der Waals surface area contributed by atoms with Crippen molar-refractivity contribution in [1.82, 2.24) is 0 Å². The molecular formula is C10H4Cl3FO6S3. The molecule has 0 saturated heterocycles. The molecule has 0 radical (unpaired) electrons. The molecule has 0 aromatic heterocycles. The van der Waals surface area contributed by atoms with Crippen molar-refractivity contribution in [2.45, 2.75) is 14.7 Å². The van der Waals surface area contributed by atoms with Gasteiger partial charge in [0.1, 0.15) is 5.82 Å². The summed E-state index contributed by atoms with van der Waals surface area (Å²) in [6.07, 6.45) is 0. The number of hydrogen-bond donors (Lipinski definition) is 0. The molecule has 6 nitrogen and oxygen atoms in total. The fourth-order valence-corrected chi connectivity index (χ4v) is 4.90. The van der Waals surface area contributed by atoms with Gasteiger partial charge in [0.25, 0.3) is 27.2 Å². The summed E-state index contributed by atoms with van der Waals surface area (Å²) in [4.78, 5) is -2.42. The van der Waals surface area contributed by atoms with E-state index < -0.39 is 58.4 Å². The highest BCUT2D eigenvalue weighted by atomic mass is 35.7. The Morgan fingerprint density at radius 1 is 0.739 bits per heavy atom. The lowest BCUT2D eigenvalue weighted by Gasteiger charge is -2.10. The summed E-state index contributed by atoms with van der Waals surface area (Å²) in [7, 11) is 2.01. The van der Waals surface area contributed by atoms with Gasteiger partial charge in [0, 0.05) is 42.8 Å². The van der Waals surface area contributed by atoms with Gasteiger partial charge >= 0.3 is 0 Å². The smallest absolute Gasteiger partial charge is 0.207 e. The predicted molar refractivity (Wildman–Crippen MR) is 83.0 cm³/mol. The van der Waals surface area contributed by atoms with Gasteiger partial charge in [-0.1, -0.05) is 0 Å². The minimum atomic E-state index is -4.63. The summed E-state index contributed by atoms with van der Waals surface area (Å²) in [6, 6.07) is 2.65. The summed E-state index contributed by atoms with van der Waals surface area (Å²) in [5.74, 6) is -1.14. The molecule has 23 heavy (non-hydrogen) atoms. The van der Waals surface area contributed by atoms with E-state index in [9.17, 15) is 29.6 Å². The Hall–Kier alpha value is -0.650. The molecule has 0 spiro atoms. The first-order chi connectivity index (χ1) is 10.2. The Kier molecular flexibility index (Phi) is 4.64. The van der Waals surface area contributed by atoms with Crippen LogP contribution in [0.5, 0.6) is 0 Å². The molecule has 0 atom stereocenters. The summed E-state index contributed by atoms with van der Waals surface area (Å²) < 4.78 is 83.3. The molecular weight excluding hydrogens is 438 g/mol. The van der Waals surface area contributed by atoms with Gasteiger partial charge < -0.3 is 0 Å². The molecule has 0 bridgehead atoms. The largest absolute Gasteiger partial charge is 0.262 e. The number of fused-ring (bicyclic) bond motifs is 1. The highest BCUT2D eigenvalue weighted by Gasteiger charge is 2.26. The summed E-state index contributed by atoms with van der Waals surface area (Å²) in [6.45, 7) is 0. The monoisotopic (exact) mass is 440 g/mol. The third-order valence-electron chi connectivity index (χ3n) is 2.77. The summed E-state index contributed by atoms with van der Waals surface area (Å²) >= 11 is 0. The molecule has 0 amide bonds. The van der Waals surface area contributed by atoms with E-state index in [2.05, 4.69) is 0 Å². The SMILES string of the molecule is O=S(=O)(Cl)c1cc(S(=O)(=O)Cl)c2c(F)ccc(S(=O)(=O)Cl)c2c1. The lowest BCUT2D eigenvalue weighted by molar-refractivity contribution is 0.603. The van der Waals surface area contributed by atoms with Crippen molar-refractivity contribution in [1.29, 1.82) is 0 Å². The minimum absolute atomic E-state index is 0.528. The van der Waals surface area contributed by atoms with E-state index in [1.807, 2.05) is 0 Å². The van der Waals surface area contributed by atoms with Crippen LogP contribution in [0.1, 0.15) is 0 Å². The van der Waals surface area contributed by atoms with Crippen molar-refractivity contribution in [3.8, 4) is 0 Å². The van der Waals surface area contributed by atoms with Crippen LogP contribution in [0.15, 0.2) is 39.0 Å². The lowest BCUT2D eigenvalue weighted by atomic mass is 10.1. The Morgan fingerprint density at radius 2 is 1.26 bits per heavy atom. The van der Waals surface area contributed by atoms with Crippen LogP contribution in [-0.4, -0.2) is 25.3 Å². The number of benzene rings is 2. The number of halogens is 4. The average Bonchev–Trinajstić information content (AvgIpc) is 2.34. The van der Waals surface area contributed by atoms with Crippen LogP contribution < -0.4 is 0 Å². The van der Waals surface area contributed by atoms with Crippen LogP contribution >= 0.6 is 32.0 Å². The zero-order chi connectivity index (χ0) is 17.8. The normalized spacial score (nSPS) is 13.4. The van der Waals surface area contributed by atoms with Gasteiger partial charge in [0.05, 0.1) is 14.7 Å². The second-order valence-electron chi connectivity index (χ2n) is 4.20. The fraction of sp³-hybridized carbons (Fsp3) is 0. The highest BCUT2D eigenvalue weighted by Crippen LogP contribution is 2.36. The third-order valence-corrected chi connectivity index (χ3v) is 6.83. The maximum absolute atomic E-state index is 14.0. The standard InChI is InChI=1S/C10H4Cl3FO6S3/c11-21(15,16)5-3-6-8(22(12,17)18)2-1-7(14)10(6)9(4-5)23(13,19)20/h1-4H. The van der Waals surface area contributed by atoms with Gasteiger partial charge in [-0.25, -0.2) is 29.6 Å². The lowest BCUT2D eigenvalue weighted by Crippen LogP contribution is -2.02. The third kappa shape index (κ3) is 3.72. The van der Waals surface area contributed by atoms with Gasteiger partial charge in [0.2, 0.25) is 0 Å². The van der Waals surface area contributed by atoms with Crippen LogP contribution in [0.25, 0.3) is 10.8 Å². The molecule has 13 heteroatoms. The van der Waals surface area contributed by atoms with Crippen LogP contribution in [0.3, 0.4) is 0 Å². The molecule has 0 aliphatic carbocycles. The Morgan fingerprint density at radius 3 is 1.70 bits per heavy atom. The quantitative estimate of drug-likeness (QED) is 0.679. The first-order valence-electron chi connectivity index (χ1n) is 5.33. The van der Waals surface area contributed by atoms with Gasteiger partial charge in [-0.05, 0) is 24.3 Å².